The lowest BCUT2D eigenvalue weighted by Gasteiger charge is -2.18. The van der Waals surface area contributed by atoms with Crippen molar-refractivity contribution in [2.45, 2.75) is 25.8 Å². The zero-order chi connectivity index (χ0) is 18.4. The van der Waals surface area contributed by atoms with Gasteiger partial charge in [-0.2, -0.15) is 0 Å². The predicted molar refractivity (Wildman–Crippen MR) is 87.9 cm³/mol. The summed E-state index contributed by atoms with van der Waals surface area (Å²) in [5, 5.41) is 2.96. The Bertz CT molecular complexity index is 720. The van der Waals surface area contributed by atoms with Crippen molar-refractivity contribution < 1.29 is 27.4 Å². The van der Waals surface area contributed by atoms with E-state index < -0.39 is 18.4 Å². The third-order valence-electron chi connectivity index (χ3n) is 3.12. The van der Waals surface area contributed by atoms with E-state index in [1.54, 1.807) is 31.2 Å². The molecule has 0 heterocycles. The van der Waals surface area contributed by atoms with Crippen LogP contribution >= 0.6 is 11.6 Å². The Balaban J connectivity index is 2.00. The summed E-state index contributed by atoms with van der Waals surface area (Å²) in [5.74, 6) is -0.433. The Morgan fingerprint density at radius 2 is 1.80 bits per heavy atom. The number of hydrogen-bond donors (Lipinski definition) is 1. The molecule has 2 rings (SSSR count). The molecule has 2 aromatic rings. The predicted octanol–water partition coefficient (Wildman–Crippen LogP) is 5.03. The van der Waals surface area contributed by atoms with Crippen molar-refractivity contribution in [3.05, 3.63) is 53.6 Å². The van der Waals surface area contributed by atoms with E-state index in [2.05, 4.69) is 10.1 Å². The zero-order valence-electron chi connectivity index (χ0n) is 13.1. The number of anilines is 1. The number of rotatable bonds is 6. The molecule has 0 aliphatic carbocycles. The largest absolute Gasteiger partial charge is 0.573 e. The van der Waals surface area contributed by atoms with Crippen LogP contribution in [0.5, 0.6) is 11.5 Å². The molecule has 1 N–H and O–H groups in total. The molecule has 2 aromatic carbocycles. The quantitative estimate of drug-likeness (QED) is 0.772. The van der Waals surface area contributed by atoms with Crippen LogP contribution in [-0.2, 0) is 4.79 Å². The number of halogens is 4. The van der Waals surface area contributed by atoms with E-state index in [0.717, 1.165) is 12.1 Å². The summed E-state index contributed by atoms with van der Waals surface area (Å²) < 4.78 is 45.7. The van der Waals surface area contributed by atoms with Crippen molar-refractivity contribution in [1.29, 1.82) is 0 Å². The molecule has 1 amide bonds. The summed E-state index contributed by atoms with van der Waals surface area (Å²) in [6.07, 6.45) is -5.18. The fraction of sp³-hybridized carbons (Fsp3) is 0.235. The first-order chi connectivity index (χ1) is 11.8. The Kier molecular flexibility index (Phi) is 6.14. The molecule has 134 valence electrons. The topological polar surface area (TPSA) is 47.6 Å². The fourth-order valence-electron chi connectivity index (χ4n) is 1.98. The monoisotopic (exact) mass is 373 g/mol. The molecule has 0 aliphatic heterocycles. The van der Waals surface area contributed by atoms with Crippen molar-refractivity contribution in [1.82, 2.24) is 0 Å². The molecular weight excluding hydrogens is 359 g/mol. The van der Waals surface area contributed by atoms with Gasteiger partial charge in [-0.1, -0.05) is 30.7 Å². The van der Waals surface area contributed by atoms with Gasteiger partial charge in [-0.05, 0) is 42.8 Å². The molecule has 8 heteroatoms. The minimum absolute atomic E-state index is 0.320. The molecule has 1 atom stereocenters. The van der Waals surface area contributed by atoms with Crippen molar-refractivity contribution in [3.8, 4) is 11.5 Å². The van der Waals surface area contributed by atoms with Crippen molar-refractivity contribution in [3.63, 3.8) is 0 Å². The second kappa shape index (κ2) is 8.11. The van der Waals surface area contributed by atoms with Gasteiger partial charge in [-0.15, -0.1) is 13.2 Å². The Labute approximate surface area is 147 Å². The first kappa shape index (κ1) is 18.9. The lowest BCUT2D eigenvalue weighted by atomic mass is 10.2. The standard InChI is InChI=1S/C17H15ClF3NO3/c1-2-14(24-15-6-4-3-5-13(15)18)16(23)22-11-7-9-12(10-8-11)25-17(19,20)21/h3-10,14H,2H2,1H3,(H,22,23). The van der Waals surface area contributed by atoms with Crippen molar-refractivity contribution in [2.24, 2.45) is 0 Å². The van der Waals surface area contributed by atoms with Gasteiger partial charge < -0.3 is 14.8 Å². The van der Waals surface area contributed by atoms with Gasteiger partial charge in [0.15, 0.2) is 6.10 Å². The van der Waals surface area contributed by atoms with E-state index in [1.807, 2.05) is 0 Å². The van der Waals surface area contributed by atoms with Gasteiger partial charge in [0.05, 0.1) is 5.02 Å². The van der Waals surface area contributed by atoms with Gasteiger partial charge in [-0.25, -0.2) is 0 Å². The minimum Gasteiger partial charge on any atom is -0.479 e. The summed E-state index contributed by atoms with van der Waals surface area (Å²) in [6, 6.07) is 11.6. The van der Waals surface area contributed by atoms with E-state index in [4.69, 9.17) is 16.3 Å². The SMILES string of the molecule is CCC(Oc1ccccc1Cl)C(=O)Nc1ccc(OC(F)(F)F)cc1. The number of carbonyl (C=O) groups is 1. The molecule has 0 saturated carbocycles. The van der Waals surface area contributed by atoms with Crippen LogP contribution in [0.3, 0.4) is 0 Å². The molecule has 0 fully saturated rings. The van der Waals surface area contributed by atoms with Crippen molar-refractivity contribution in [2.75, 3.05) is 5.32 Å². The van der Waals surface area contributed by atoms with Crippen LogP contribution in [0, 0.1) is 0 Å². The van der Waals surface area contributed by atoms with Gasteiger partial charge in [0.25, 0.3) is 5.91 Å². The number of carbonyl (C=O) groups excluding carboxylic acids is 1. The highest BCUT2D eigenvalue weighted by Crippen LogP contribution is 2.26. The van der Waals surface area contributed by atoms with Crippen LogP contribution in [0.15, 0.2) is 48.5 Å². The molecule has 1 unspecified atom stereocenters. The highest BCUT2D eigenvalue weighted by atomic mass is 35.5. The summed E-state index contributed by atoms with van der Waals surface area (Å²) in [7, 11) is 0. The highest BCUT2D eigenvalue weighted by molar-refractivity contribution is 6.32. The Morgan fingerprint density at radius 3 is 2.36 bits per heavy atom. The maximum Gasteiger partial charge on any atom is 0.573 e. The molecular formula is C17H15ClF3NO3. The number of ether oxygens (including phenoxy) is 2. The molecule has 0 saturated heterocycles. The number of nitrogens with one attached hydrogen (secondary N) is 1. The van der Waals surface area contributed by atoms with E-state index >= 15 is 0 Å². The van der Waals surface area contributed by atoms with Crippen LogP contribution in [-0.4, -0.2) is 18.4 Å². The maximum absolute atomic E-state index is 12.3. The Hall–Kier alpha value is -2.41. The summed E-state index contributed by atoms with van der Waals surface area (Å²) in [5.41, 5.74) is 0.320. The lowest BCUT2D eigenvalue weighted by molar-refractivity contribution is -0.274. The van der Waals surface area contributed by atoms with Gasteiger partial charge in [0.2, 0.25) is 0 Å². The summed E-state index contributed by atoms with van der Waals surface area (Å²) in [4.78, 5) is 12.3. The van der Waals surface area contributed by atoms with Crippen LogP contribution in [0.4, 0.5) is 18.9 Å². The van der Waals surface area contributed by atoms with Gasteiger partial charge >= 0.3 is 6.36 Å². The molecule has 0 aliphatic rings. The lowest BCUT2D eigenvalue weighted by Crippen LogP contribution is -2.32. The average molecular weight is 374 g/mol. The second-order valence-corrected chi connectivity index (χ2v) is 5.41. The Morgan fingerprint density at radius 1 is 1.16 bits per heavy atom. The summed E-state index contributed by atoms with van der Waals surface area (Å²) >= 11 is 6.00. The maximum atomic E-state index is 12.3. The number of para-hydroxylation sites is 1. The van der Waals surface area contributed by atoms with Crippen LogP contribution < -0.4 is 14.8 Å². The number of hydrogen-bond acceptors (Lipinski definition) is 3. The first-order valence-corrected chi connectivity index (χ1v) is 7.74. The van der Waals surface area contributed by atoms with Gasteiger partial charge in [-0.3, -0.25) is 4.79 Å². The number of amides is 1. The molecule has 0 spiro atoms. The first-order valence-electron chi connectivity index (χ1n) is 7.36. The van der Waals surface area contributed by atoms with Crippen molar-refractivity contribution >= 4 is 23.2 Å². The van der Waals surface area contributed by atoms with Gasteiger partial charge in [0, 0.05) is 5.69 Å². The highest BCUT2D eigenvalue weighted by Gasteiger charge is 2.31. The van der Waals surface area contributed by atoms with Gasteiger partial charge in [0.1, 0.15) is 11.5 Å². The smallest absolute Gasteiger partial charge is 0.479 e. The molecule has 25 heavy (non-hydrogen) atoms. The van der Waals surface area contributed by atoms with E-state index in [0.29, 0.717) is 22.9 Å². The number of alkyl halides is 3. The molecule has 0 radical (unpaired) electrons. The third-order valence-corrected chi connectivity index (χ3v) is 3.44. The molecule has 0 bridgehead atoms. The van der Waals surface area contributed by atoms with Crippen LogP contribution in [0.25, 0.3) is 0 Å². The summed E-state index contributed by atoms with van der Waals surface area (Å²) in [6.45, 7) is 1.77. The van der Waals surface area contributed by atoms with Crippen LogP contribution in [0.2, 0.25) is 5.02 Å². The van der Waals surface area contributed by atoms with Crippen LogP contribution in [0.1, 0.15) is 13.3 Å². The fourth-order valence-corrected chi connectivity index (χ4v) is 2.16. The molecule has 0 aromatic heterocycles. The normalized spacial score (nSPS) is 12.4. The van der Waals surface area contributed by atoms with E-state index in [1.165, 1.54) is 12.1 Å². The number of benzene rings is 2. The minimum atomic E-state index is -4.76. The van der Waals surface area contributed by atoms with E-state index in [-0.39, 0.29) is 5.75 Å². The zero-order valence-corrected chi connectivity index (χ0v) is 13.9. The third kappa shape index (κ3) is 5.86. The average Bonchev–Trinajstić information content (AvgIpc) is 2.54. The molecule has 4 nitrogen and oxygen atoms in total. The van der Waals surface area contributed by atoms with E-state index in [9.17, 15) is 18.0 Å². The second-order valence-electron chi connectivity index (χ2n) is 5.01.